The number of nitrogens with zero attached hydrogens (tertiary/aromatic N) is 2. The summed E-state index contributed by atoms with van der Waals surface area (Å²) in [5.41, 5.74) is -3.84. The van der Waals surface area contributed by atoms with E-state index in [0.29, 0.717) is 35.2 Å². The Balaban J connectivity index is 1.36. The highest BCUT2D eigenvalue weighted by atomic mass is 19.4. The van der Waals surface area contributed by atoms with Gasteiger partial charge >= 0.3 is 12.4 Å². The number of methoxy groups -OCH3 is 1. The predicted molar refractivity (Wildman–Crippen MR) is 162 cm³/mol. The van der Waals surface area contributed by atoms with Crippen LogP contribution in [0.5, 0.6) is 5.75 Å². The first kappa shape index (κ1) is 31.6. The summed E-state index contributed by atoms with van der Waals surface area (Å²) in [4.78, 5) is 32.5. The summed E-state index contributed by atoms with van der Waals surface area (Å²) < 4.78 is 85.9. The molecule has 242 valence electrons. The topological polar surface area (TPSA) is 83.6 Å². The highest BCUT2D eigenvalue weighted by molar-refractivity contribution is 5.85. The van der Waals surface area contributed by atoms with E-state index in [-0.39, 0.29) is 29.0 Å². The summed E-state index contributed by atoms with van der Waals surface area (Å²) in [5, 5.41) is 6.68. The Kier molecular flexibility index (Phi) is 8.07. The van der Waals surface area contributed by atoms with Crippen molar-refractivity contribution in [2.75, 3.05) is 30.8 Å². The van der Waals surface area contributed by atoms with Gasteiger partial charge in [0.25, 0.3) is 10.9 Å². The SMILES string of the molecule is C=C[C@H]1CN2CCC1C[C@H]2[C@@H](Nc1c(NCc2cc(C(F)(F)F)cc(C(F)(F)F)c2)c(=O)c1=O)c1ccnc2ccc(OC)cc12. The fourth-order valence-corrected chi connectivity index (χ4v) is 6.82. The molecule has 4 heterocycles. The van der Waals surface area contributed by atoms with Crippen LogP contribution in [-0.4, -0.2) is 36.1 Å². The van der Waals surface area contributed by atoms with Crippen molar-refractivity contribution in [3.05, 3.63) is 104 Å². The van der Waals surface area contributed by atoms with Gasteiger partial charge in [0.05, 0.1) is 29.8 Å². The van der Waals surface area contributed by atoms with E-state index in [4.69, 9.17) is 4.74 Å². The number of ether oxygens (including phenoxy) is 1. The van der Waals surface area contributed by atoms with Gasteiger partial charge in [0, 0.05) is 30.7 Å². The molecule has 0 radical (unpaired) electrons. The number of aromatic nitrogens is 1. The van der Waals surface area contributed by atoms with Gasteiger partial charge in [-0.1, -0.05) is 6.08 Å². The van der Waals surface area contributed by atoms with Crippen molar-refractivity contribution in [1.29, 1.82) is 0 Å². The summed E-state index contributed by atoms with van der Waals surface area (Å²) in [6.45, 7) is 5.01. The van der Waals surface area contributed by atoms with E-state index in [1.54, 1.807) is 12.3 Å². The predicted octanol–water partition coefficient (Wildman–Crippen LogP) is 6.54. The molecule has 0 amide bonds. The smallest absolute Gasteiger partial charge is 0.416 e. The number of anilines is 2. The Hall–Kier alpha value is -4.39. The van der Waals surface area contributed by atoms with Crippen LogP contribution in [0.2, 0.25) is 0 Å². The second kappa shape index (κ2) is 11.8. The molecule has 1 aromatic heterocycles. The number of hydrogen-bond donors (Lipinski definition) is 2. The molecule has 0 saturated carbocycles. The van der Waals surface area contributed by atoms with Gasteiger partial charge in [-0.25, -0.2) is 0 Å². The third kappa shape index (κ3) is 5.83. The van der Waals surface area contributed by atoms with E-state index in [1.807, 2.05) is 24.3 Å². The van der Waals surface area contributed by atoms with Crippen molar-refractivity contribution in [3.8, 4) is 5.75 Å². The minimum Gasteiger partial charge on any atom is -0.497 e. The third-order valence-corrected chi connectivity index (χ3v) is 9.18. The summed E-state index contributed by atoms with van der Waals surface area (Å²) in [5.74, 6) is 1.25. The van der Waals surface area contributed by atoms with E-state index in [9.17, 15) is 35.9 Å². The molecule has 4 aromatic rings. The van der Waals surface area contributed by atoms with Gasteiger partial charge in [-0.05, 0) is 84.8 Å². The van der Waals surface area contributed by atoms with Gasteiger partial charge in [-0.15, -0.1) is 6.58 Å². The van der Waals surface area contributed by atoms with Crippen LogP contribution in [-0.2, 0) is 18.9 Å². The first-order valence-electron chi connectivity index (χ1n) is 14.7. The minimum absolute atomic E-state index is 0.0382. The molecular formula is C33H30F6N4O3. The molecule has 13 heteroatoms. The molecule has 7 rings (SSSR count). The number of hydrogen-bond acceptors (Lipinski definition) is 7. The maximum absolute atomic E-state index is 13.4. The van der Waals surface area contributed by atoms with Gasteiger partial charge in [0.2, 0.25) is 0 Å². The Morgan fingerprint density at radius 1 is 1.02 bits per heavy atom. The molecule has 0 spiro atoms. The van der Waals surface area contributed by atoms with Crippen molar-refractivity contribution in [2.24, 2.45) is 11.8 Å². The summed E-state index contributed by atoms with van der Waals surface area (Å²) in [6.07, 6.45) is -4.69. The van der Waals surface area contributed by atoms with Crippen molar-refractivity contribution in [3.63, 3.8) is 0 Å². The highest BCUT2D eigenvalue weighted by Crippen LogP contribution is 2.44. The van der Waals surface area contributed by atoms with E-state index in [2.05, 4.69) is 27.1 Å². The van der Waals surface area contributed by atoms with Crippen molar-refractivity contribution < 1.29 is 31.1 Å². The number of fused-ring (bicyclic) bond motifs is 4. The van der Waals surface area contributed by atoms with Crippen molar-refractivity contribution in [2.45, 2.75) is 43.8 Å². The number of nitrogens with one attached hydrogen (secondary N) is 2. The van der Waals surface area contributed by atoms with Crippen LogP contribution in [0.4, 0.5) is 37.7 Å². The zero-order chi connectivity index (χ0) is 33.0. The molecule has 3 aliphatic heterocycles. The first-order valence-corrected chi connectivity index (χ1v) is 14.7. The Morgan fingerprint density at radius 2 is 1.72 bits per heavy atom. The zero-order valence-corrected chi connectivity index (χ0v) is 24.6. The summed E-state index contributed by atoms with van der Waals surface area (Å²) in [6, 6.07) is 7.82. The van der Waals surface area contributed by atoms with Crippen LogP contribution in [0.15, 0.2) is 70.9 Å². The maximum atomic E-state index is 13.4. The molecule has 7 nitrogen and oxygen atoms in total. The summed E-state index contributed by atoms with van der Waals surface area (Å²) in [7, 11) is 1.54. The number of piperidine rings is 3. The van der Waals surface area contributed by atoms with Crippen LogP contribution in [0, 0.1) is 11.8 Å². The average molecular weight is 645 g/mol. The molecule has 46 heavy (non-hydrogen) atoms. The number of halogens is 6. The quantitative estimate of drug-likeness (QED) is 0.122. The fourth-order valence-electron chi connectivity index (χ4n) is 6.82. The number of rotatable bonds is 9. The molecule has 2 N–H and O–H groups in total. The Labute approximate surface area is 259 Å². The zero-order valence-electron chi connectivity index (χ0n) is 24.6. The lowest BCUT2D eigenvalue weighted by Gasteiger charge is -2.52. The molecule has 2 bridgehead atoms. The van der Waals surface area contributed by atoms with Gasteiger partial charge in [0.1, 0.15) is 17.1 Å². The lowest BCUT2D eigenvalue weighted by molar-refractivity contribution is -0.143. The molecule has 3 aromatic carbocycles. The van der Waals surface area contributed by atoms with Gasteiger partial charge in [0.15, 0.2) is 0 Å². The van der Waals surface area contributed by atoms with Crippen molar-refractivity contribution in [1.82, 2.24) is 9.88 Å². The van der Waals surface area contributed by atoms with Gasteiger partial charge < -0.3 is 15.4 Å². The number of pyridine rings is 1. The molecule has 3 fully saturated rings. The Bertz CT molecular complexity index is 1830. The number of benzene rings is 2. The lowest BCUT2D eigenvalue weighted by Crippen LogP contribution is -2.56. The van der Waals surface area contributed by atoms with Crippen LogP contribution < -0.4 is 26.2 Å². The second-order valence-corrected chi connectivity index (χ2v) is 11.8. The minimum atomic E-state index is -5.02. The standard InChI is InChI=1S/C33H30F6N4O3/c1-3-18-16-43-9-7-19(18)12-26(43)27(23-6-8-40-25-5-4-22(46-2)14-24(23)25)42-29-28(30(44)31(29)45)41-15-17-10-20(32(34,35)36)13-21(11-17)33(37,38)39/h3-6,8,10-11,13-14,18-19,26-27,41-42H,1,7,9,12,15-16H2,2H3/t18-,19?,26-,27-/m0/s1. The highest BCUT2D eigenvalue weighted by Gasteiger charge is 2.44. The largest absolute Gasteiger partial charge is 0.497 e. The molecule has 5 atom stereocenters. The van der Waals surface area contributed by atoms with Crippen LogP contribution in [0.1, 0.15) is 41.1 Å². The monoisotopic (exact) mass is 644 g/mol. The van der Waals surface area contributed by atoms with Gasteiger partial charge in [-0.2, -0.15) is 26.3 Å². The Morgan fingerprint density at radius 3 is 2.33 bits per heavy atom. The molecule has 0 aliphatic carbocycles. The number of alkyl halides is 6. The lowest BCUT2D eigenvalue weighted by atomic mass is 9.73. The normalized spacial score (nSPS) is 22.2. The summed E-state index contributed by atoms with van der Waals surface area (Å²) >= 11 is 0. The van der Waals surface area contributed by atoms with E-state index < -0.39 is 46.9 Å². The van der Waals surface area contributed by atoms with E-state index in [1.165, 1.54) is 7.11 Å². The van der Waals surface area contributed by atoms with Gasteiger partial charge in [-0.3, -0.25) is 19.5 Å². The molecule has 3 aliphatic rings. The van der Waals surface area contributed by atoms with E-state index >= 15 is 0 Å². The molecule has 3 saturated heterocycles. The fraction of sp³-hybridized carbons (Fsp3) is 0.364. The molecule has 2 unspecified atom stereocenters. The third-order valence-electron chi connectivity index (χ3n) is 9.18. The van der Waals surface area contributed by atoms with E-state index in [0.717, 1.165) is 36.9 Å². The average Bonchev–Trinajstić information content (AvgIpc) is 3.04. The molecular weight excluding hydrogens is 614 g/mol. The second-order valence-electron chi connectivity index (χ2n) is 11.8. The first-order chi connectivity index (χ1) is 21.8. The van der Waals surface area contributed by atoms with Crippen LogP contribution >= 0.6 is 0 Å². The van der Waals surface area contributed by atoms with Crippen LogP contribution in [0.3, 0.4) is 0 Å². The van der Waals surface area contributed by atoms with Crippen LogP contribution in [0.25, 0.3) is 10.9 Å². The van der Waals surface area contributed by atoms with Crippen molar-refractivity contribution >= 4 is 22.3 Å². The maximum Gasteiger partial charge on any atom is 0.416 e.